The number of ether oxygens (including phenoxy) is 1. The van der Waals surface area contributed by atoms with Crippen molar-refractivity contribution >= 4 is 11.7 Å². The van der Waals surface area contributed by atoms with Gasteiger partial charge in [-0.1, -0.05) is 5.16 Å². The smallest absolute Gasteiger partial charge is 0.338 e. The fraction of sp³-hybridized carbons (Fsp3) is 0.176. The molecule has 1 aromatic carbocycles. The molecular weight excluding hydrogens is 296 g/mol. The number of benzene rings is 1. The van der Waals surface area contributed by atoms with Gasteiger partial charge in [0.2, 0.25) is 5.76 Å². The average molecular weight is 312 g/mol. The van der Waals surface area contributed by atoms with Crippen molar-refractivity contribution in [1.82, 2.24) is 5.16 Å². The van der Waals surface area contributed by atoms with E-state index in [2.05, 4.69) is 5.16 Å². The summed E-state index contributed by atoms with van der Waals surface area (Å²) in [6.07, 6.45) is 1.55. The van der Waals surface area contributed by atoms with Gasteiger partial charge in [0, 0.05) is 25.8 Å². The molecule has 0 spiro atoms. The largest absolute Gasteiger partial charge is 0.461 e. The molecule has 23 heavy (non-hydrogen) atoms. The minimum Gasteiger partial charge on any atom is -0.461 e. The molecule has 6 heteroatoms. The predicted molar refractivity (Wildman–Crippen MR) is 84.1 cm³/mol. The molecule has 0 fully saturated rings. The Labute approximate surface area is 133 Å². The molecule has 0 saturated heterocycles. The van der Waals surface area contributed by atoms with Crippen LogP contribution in [0.15, 0.2) is 57.7 Å². The summed E-state index contributed by atoms with van der Waals surface area (Å²) < 4.78 is 15.6. The standard InChI is InChI=1S/C17H16N2O4/c1-19(2)14-7-5-12(6-8-14)17(20)22-11-13-10-16(23-18-13)15-4-3-9-21-15/h3-10H,11H2,1-2H3. The number of hydrogen-bond acceptors (Lipinski definition) is 6. The molecule has 0 radical (unpaired) electrons. The zero-order valence-electron chi connectivity index (χ0n) is 12.9. The first-order valence-corrected chi connectivity index (χ1v) is 7.07. The molecule has 0 aliphatic carbocycles. The third kappa shape index (κ3) is 3.42. The maximum Gasteiger partial charge on any atom is 0.338 e. The molecule has 2 heterocycles. The van der Waals surface area contributed by atoms with Gasteiger partial charge in [-0.25, -0.2) is 4.79 Å². The predicted octanol–water partition coefficient (Wildman–Crippen LogP) is 3.36. The van der Waals surface area contributed by atoms with Crippen molar-refractivity contribution in [3.63, 3.8) is 0 Å². The molecule has 0 bridgehead atoms. The first kappa shape index (κ1) is 14.9. The molecule has 3 rings (SSSR count). The summed E-state index contributed by atoms with van der Waals surface area (Å²) in [5, 5.41) is 3.86. The first-order valence-electron chi connectivity index (χ1n) is 7.07. The molecule has 0 atom stereocenters. The van der Waals surface area contributed by atoms with E-state index in [-0.39, 0.29) is 6.61 Å². The maximum absolute atomic E-state index is 12.0. The zero-order chi connectivity index (χ0) is 16.2. The van der Waals surface area contributed by atoms with E-state index in [0.717, 1.165) is 5.69 Å². The Morgan fingerprint density at radius 3 is 2.61 bits per heavy atom. The van der Waals surface area contributed by atoms with Crippen LogP contribution in [0, 0.1) is 0 Å². The molecule has 0 amide bonds. The fourth-order valence-corrected chi connectivity index (χ4v) is 2.03. The van der Waals surface area contributed by atoms with E-state index in [1.807, 2.05) is 31.1 Å². The number of rotatable bonds is 5. The van der Waals surface area contributed by atoms with Crippen molar-refractivity contribution < 1.29 is 18.5 Å². The molecule has 118 valence electrons. The molecule has 0 N–H and O–H groups in total. The Morgan fingerprint density at radius 1 is 1.17 bits per heavy atom. The highest BCUT2D eigenvalue weighted by Gasteiger charge is 2.12. The number of esters is 1. The van der Waals surface area contributed by atoms with Gasteiger partial charge in [-0.05, 0) is 36.4 Å². The molecule has 0 aliphatic heterocycles. The number of nitrogens with zero attached hydrogens (tertiary/aromatic N) is 2. The van der Waals surface area contributed by atoms with E-state index in [4.69, 9.17) is 13.7 Å². The van der Waals surface area contributed by atoms with Gasteiger partial charge in [-0.2, -0.15) is 0 Å². The van der Waals surface area contributed by atoms with Crippen molar-refractivity contribution in [1.29, 1.82) is 0 Å². The molecule has 3 aromatic rings. The Hall–Kier alpha value is -3.02. The highest BCUT2D eigenvalue weighted by Crippen LogP contribution is 2.21. The summed E-state index contributed by atoms with van der Waals surface area (Å²) in [5.41, 5.74) is 2.03. The van der Waals surface area contributed by atoms with Crippen LogP contribution in [0.1, 0.15) is 16.1 Å². The van der Waals surface area contributed by atoms with Crippen molar-refractivity contribution in [2.24, 2.45) is 0 Å². The normalized spacial score (nSPS) is 10.5. The van der Waals surface area contributed by atoms with Gasteiger partial charge in [0.1, 0.15) is 12.3 Å². The van der Waals surface area contributed by atoms with Crippen LogP contribution in [0.25, 0.3) is 11.5 Å². The van der Waals surface area contributed by atoms with Crippen LogP contribution in [0.3, 0.4) is 0 Å². The van der Waals surface area contributed by atoms with Gasteiger partial charge >= 0.3 is 5.97 Å². The van der Waals surface area contributed by atoms with Crippen molar-refractivity contribution in [2.45, 2.75) is 6.61 Å². The van der Waals surface area contributed by atoms with E-state index < -0.39 is 5.97 Å². The lowest BCUT2D eigenvalue weighted by Crippen LogP contribution is -2.09. The topological polar surface area (TPSA) is 68.7 Å². The highest BCUT2D eigenvalue weighted by molar-refractivity contribution is 5.89. The molecular formula is C17H16N2O4. The lowest BCUT2D eigenvalue weighted by atomic mass is 10.2. The molecule has 2 aromatic heterocycles. The van der Waals surface area contributed by atoms with Crippen molar-refractivity contribution in [3.8, 4) is 11.5 Å². The number of aromatic nitrogens is 1. The summed E-state index contributed by atoms with van der Waals surface area (Å²) in [7, 11) is 3.88. The van der Waals surface area contributed by atoms with Gasteiger partial charge < -0.3 is 18.6 Å². The Bertz CT molecular complexity index is 773. The van der Waals surface area contributed by atoms with Crippen LogP contribution in [-0.2, 0) is 11.3 Å². The van der Waals surface area contributed by atoms with Gasteiger partial charge in [0.15, 0.2) is 5.76 Å². The van der Waals surface area contributed by atoms with E-state index in [1.165, 1.54) is 0 Å². The average Bonchev–Trinajstić information content (AvgIpc) is 3.23. The summed E-state index contributed by atoms with van der Waals surface area (Å²) in [5.74, 6) is 0.670. The minimum atomic E-state index is -0.405. The summed E-state index contributed by atoms with van der Waals surface area (Å²) in [6, 6.07) is 12.4. The minimum absolute atomic E-state index is 0.0402. The first-order chi connectivity index (χ1) is 11.1. The third-order valence-corrected chi connectivity index (χ3v) is 3.29. The van der Waals surface area contributed by atoms with Crippen LogP contribution in [-0.4, -0.2) is 25.2 Å². The number of carbonyl (C=O) groups is 1. The molecule has 6 nitrogen and oxygen atoms in total. The van der Waals surface area contributed by atoms with E-state index in [1.54, 1.807) is 36.6 Å². The number of furan rings is 1. The summed E-state index contributed by atoms with van der Waals surface area (Å²) in [4.78, 5) is 14.0. The number of hydrogen-bond donors (Lipinski definition) is 0. The maximum atomic E-state index is 12.0. The molecule has 0 saturated carbocycles. The summed E-state index contributed by atoms with van der Waals surface area (Å²) >= 11 is 0. The second kappa shape index (κ2) is 6.39. The van der Waals surface area contributed by atoms with Gasteiger partial charge in [-0.15, -0.1) is 0 Å². The molecule has 0 aliphatic rings. The SMILES string of the molecule is CN(C)c1ccc(C(=O)OCc2cc(-c3ccco3)on2)cc1. The zero-order valence-corrected chi connectivity index (χ0v) is 12.9. The van der Waals surface area contributed by atoms with Crippen LogP contribution >= 0.6 is 0 Å². The van der Waals surface area contributed by atoms with Crippen LogP contribution in [0.5, 0.6) is 0 Å². The van der Waals surface area contributed by atoms with E-state index in [0.29, 0.717) is 22.8 Å². The number of carbonyl (C=O) groups excluding carboxylic acids is 1. The fourth-order valence-electron chi connectivity index (χ4n) is 2.03. The Morgan fingerprint density at radius 2 is 1.96 bits per heavy atom. The van der Waals surface area contributed by atoms with Crippen molar-refractivity contribution in [3.05, 3.63) is 60.0 Å². The highest BCUT2D eigenvalue weighted by atomic mass is 16.5. The van der Waals surface area contributed by atoms with Crippen molar-refractivity contribution in [2.75, 3.05) is 19.0 Å². The lowest BCUT2D eigenvalue weighted by Gasteiger charge is -2.12. The summed E-state index contributed by atoms with van der Waals surface area (Å²) in [6.45, 7) is 0.0402. The van der Waals surface area contributed by atoms with Crippen LogP contribution in [0.4, 0.5) is 5.69 Å². The third-order valence-electron chi connectivity index (χ3n) is 3.29. The van der Waals surface area contributed by atoms with E-state index in [9.17, 15) is 4.79 Å². The van der Waals surface area contributed by atoms with Gasteiger partial charge in [0.25, 0.3) is 0 Å². The number of anilines is 1. The quantitative estimate of drug-likeness (QED) is 0.673. The second-order valence-electron chi connectivity index (χ2n) is 5.18. The monoisotopic (exact) mass is 312 g/mol. The Balaban J connectivity index is 1.60. The second-order valence-corrected chi connectivity index (χ2v) is 5.18. The van der Waals surface area contributed by atoms with Gasteiger partial charge in [-0.3, -0.25) is 0 Å². The van der Waals surface area contributed by atoms with Crippen LogP contribution in [0.2, 0.25) is 0 Å². The van der Waals surface area contributed by atoms with E-state index >= 15 is 0 Å². The Kier molecular flexibility index (Phi) is 4.14. The van der Waals surface area contributed by atoms with Crippen LogP contribution < -0.4 is 4.90 Å². The lowest BCUT2D eigenvalue weighted by molar-refractivity contribution is 0.0464. The van der Waals surface area contributed by atoms with Gasteiger partial charge in [0.05, 0.1) is 11.8 Å². The molecule has 0 unspecified atom stereocenters.